The maximum Gasteiger partial charge on any atom is 0.322 e. The largest absolute Gasteiger partial charge is 0.390 e. The Morgan fingerprint density at radius 1 is 1.57 bits per heavy atom. The second-order valence-corrected chi connectivity index (χ2v) is 5.43. The van der Waals surface area contributed by atoms with E-state index in [1.165, 1.54) is 4.90 Å². The molecule has 8 nitrogen and oxygen atoms in total. The van der Waals surface area contributed by atoms with Crippen molar-refractivity contribution in [2.45, 2.75) is 18.6 Å². The van der Waals surface area contributed by atoms with Gasteiger partial charge in [0.05, 0.1) is 29.2 Å². The number of hydrogen-bond acceptors (Lipinski definition) is 5. The van der Waals surface area contributed by atoms with Crippen LogP contribution in [0, 0.1) is 11.3 Å². The van der Waals surface area contributed by atoms with Gasteiger partial charge in [-0.05, 0) is 18.6 Å². The van der Waals surface area contributed by atoms with E-state index in [2.05, 4.69) is 16.4 Å². The summed E-state index contributed by atoms with van der Waals surface area (Å²) in [7, 11) is 1.76. The number of fused-ring (bicyclic) bond motifs is 1. The van der Waals surface area contributed by atoms with Crippen LogP contribution < -0.4 is 5.32 Å². The van der Waals surface area contributed by atoms with Crippen LogP contribution in [0.2, 0.25) is 0 Å². The number of hydrogen-bond donors (Lipinski definition) is 2. The van der Waals surface area contributed by atoms with Gasteiger partial charge in [0.15, 0.2) is 0 Å². The third-order valence-electron chi connectivity index (χ3n) is 4.05. The van der Waals surface area contributed by atoms with Gasteiger partial charge in [-0.1, -0.05) is 0 Å². The quantitative estimate of drug-likeness (QED) is 0.789. The van der Waals surface area contributed by atoms with E-state index in [-0.39, 0.29) is 0 Å². The van der Waals surface area contributed by atoms with Crippen LogP contribution in [-0.2, 0) is 11.8 Å². The van der Waals surface area contributed by atoms with Crippen molar-refractivity contribution >= 4 is 29.0 Å². The molecule has 1 aliphatic heterocycles. The first-order valence-corrected chi connectivity index (χ1v) is 7.12. The van der Waals surface area contributed by atoms with E-state index in [0.717, 1.165) is 0 Å². The molecule has 2 aromatic rings. The fourth-order valence-corrected chi connectivity index (χ4v) is 2.85. The van der Waals surface area contributed by atoms with E-state index >= 15 is 0 Å². The van der Waals surface area contributed by atoms with Gasteiger partial charge in [0.1, 0.15) is 23.9 Å². The summed E-state index contributed by atoms with van der Waals surface area (Å²) in [5.74, 6) is 0. The number of benzene rings is 1. The van der Waals surface area contributed by atoms with E-state index in [0.29, 0.717) is 41.5 Å². The van der Waals surface area contributed by atoms with Gasteiger partial charge in [0.2, 0.25) is 0 Å². The number of carbonyl (C=O) groups excluding carboxylic acids is 2. The molecule has 1 saturated heterocycles. The number of nitriles is 1. The molecule has 0 aliphatic carbocycles. The van der Waals surface area contributed by atoms with Crippen molar-refractivity contribution in [3.05, 3.63) is 24.0 Å². The maximum absolute atomic E-state index is 12.4. The third kappa shape index (κ3) is 2.41. The molecule has 2 atom stereocenters. The summed E-state index contributed by atoms with van der Waals surface area (Å²) in [6.07, 6.45) is 1.67. The average Bonchev–Trinajstić information content (AvgIpc) is 3.11. The highest BCUT2D eigenvalue weighted by Crippen LogP contribution is 2.26. The van der Waals surface area contributed by atoms with Crippen LogP contribution in [0.5, 0.6) is 0 Å². The van der Waals surface area contributed by atoms with Crippen molar-refractivity contribution < 1.29 is 14.7 Å². The fraction of sp³-hybridized carbons (Fsp3) is 0.333. The highest BCUT2D eigenvalue weighted by Gasteiger charge is 2.36. The van der Waals surface area contributed by atoms with Gasteiger partial charge in [0, 0.05) is 13.6 Å². The minimum absolute atomic E-state index is 0.304. The number of urea groups is 1. The third-order valence-corrected chi connectivity index (χ3v) is 4.05. The van der Waals surface area contributed by atoms with Crippen LogP contribution in [0.3, 0.4) is 0 Å². The number of nitrogens with one attached hydrogen (secondary N) is 1. The molecule has 118 valence electrons. The number of likely N-dealkylation sites (tertiary alicyclic amines) is 1. The van der Waals surface area contributed by atoms with Crippen molar-refractivity contribution in [3.63, 3.8) is 0 Å². The monoisotopic (exact) mass is 313 g/mol. The molecule has 1 aliphatic rings. The lowest BCUT2D eigenvalue weighted by Crippen LogP contribution is -2.43. The SMILES string of the molecule is Cn1cnc2c(NC(=O)N3CCC(O)[C@H]3C=O)ccc(C#N)c21. The first kappa shape index (κ1) is 15.0. The lowest BCUT2D eigenvalue weighted by molar-refractivity contribution is -0.112. The highest BCUT2D eigenvalue weighted by atomic mass is 16.3. The Balaban J connectivity index is 1.92. The number of aromatic nitrogens is 2. The summed E-state index contributed by atoms with van der Waals surface area (Å²) in [4.78, 5) is 28.9. The predicted octanol–water partition coefficient (Wildman–Crippen LogP) is 0.611. The number of aliphatic hydroxyl groups is 1. The summed E-state index contributed by atoms with van der Waals surface area (Å²) < 4.78 is 1.71. The molecule has 1 unspecified atom stereocenters. The second-order valence-electron chi connectivity index (χ2n) is 5.43. The number of carbonyl (C=O) groups is 2. The summed E-state index contributed by atoms with van der Waals surface area (Å²) in [6.45, 7) is 0.304. The number of nitrogens with zero attached hydrogens (tertiary/aromatic N) is 4. The molecule has 0 radical (unpaired) electrons. The Labute approximate surface area is 131 Å². The molecule has 1 aromatic heterocycles. The summed E-state index contributed by atoms with van der Waals surface area (Å²) in [5, 5.41) is 21.6. The van der Waals surface area contributed by atoms with Crippen molar-refractivity contribution in [2.24, 2.45) is 7.05 Å². The number of anilines is 1. The van der Waals surface area contributed by atoms with Gasteiger partial charge in [0.25, 0.3) is 0 Å². The normalized spacial score (nSPS) is 20.5. The molecule has 8 heteroatoms. The van der Waals surface area contributed by atoms with Crippen LogP contribution in [-0.4, -0.2) is 50.6 Å². The smallest absolute Gasteiger partial charge is 0.322 e. The number of aldehydes is 1. The van der Waals surface area contributed by atoms with Crippen LogP contribution in [0.1, 0.15) is 12.0 Å². The minimum Gasteiger partial charge on any atom is -0.390 e. The van der Waals surface area contributed by atoms with Gasteiger partial charge >= 0.3 is 6.03 Å². The lowest BCUT2D eigenvalue weighted by Gasteiger charge is -2.22. The number of aryl methyl sites for hydroxylation is 1. The maximum atomic E-state index is 12.4. The zero-order valence-corrected chi connectivity index (χ0v) is 12.4. The molecule has 1 fully saturated rings. The Kier molecular flexibility index (Phi) is 3.72. The summed E-state index contributed by atoms with van der Waals surface area (Å²) in [5.41, 5.74) is 2.04. The molecule has 2 N–H and O–H groups in total. The number of imidazole rings is 1. The van der Waals surface area contributed by atoms with Crippen molar-refractivity contribution in [1.29, 1.82) is 5.26 Å². The van der Waals surface area contributed by atoms with Crippen LogP contribution >= 0.6 is 0 Å². The second kappa shape index (κ2) is 5.70. The Bertz CT molecular complexity index is 822. The number of rotatable bonds is 2. The topological polar surface area (TPSA) is 111 Å². The highest BCUT2D eigenvalue weighted by molar-refractivity contribution is 6.01. The minimum atomic E-state index is -0.840. The van der Waals surface area contributed by atoms with Crippen molar-refractivity contribution in [2.75, 3.05) is 11.9 Å². The zero-order chi connectivity index (χ0) is 16.6. The molecular weight excluding hydrogens is 298 g/mol. The Morgan fingerprint density at radius 2 is 2.35 bits per heavy atom. The number of aliphatic hydroxyl groups excluding tert-OH is 1. The first-order chi connectivity index (χ1) is 11.1. The van der Waals surface area contributed by atoms with E-state index in [1.807, 2.05) is 0 Å². The lowest BCUT2D eigenvalue weighted by atomic mass is 10.1. The van der Waals surface area contributed by atoms with Gasteiger partial charge in [-0.3, -0.25) is 0 Å². The van der Waals surface area contributed by atoms with E-state index < -0.39 is 18.2 Å². The van der Waals surface area contributed by atoms with Gasteiger partial charge in [-0.2, -0.15) is 5.26 Å². The predicted molar refractivity (Wildman–Crippen MR) is 81.6 cm³/mol. The first-order valence-electron chi connectivity index (χ1n) is 7.12. The van der Waals surface area contributed by atoms with E-state index in [4.69, 9.17) is 5.26 Å². The summed E-state index contributed by atoms with van der Waals surface area (Å²) >= 11 is 0. The standard InChI is InChI=1S/C15H15N5O3/c1-19-8-17-13-10(3-2-9(6-16)14(13)19)18-15(23)20-5-4-12(22)11(20)7-21/h2-3,7-8,11-12,22H,4-5H2,1H3,(H,18,23)/t11-,12?/m1/s1. The fourth-order valence-electron chi connectivity index (χ4n) is 2.85. The van der Waals surface area contributed by atoms with E-state index in [1.54, 1.807) is 30.1 Å². The molecule has 0 saturated carbocycles. The molecule has 23 heavy (non-hydrogen) atoms. The Hall–Kier alpha value is -2.92. The molecular formula is C15H15N5O3. The molecule has 1 aromatic carbocycles. The average molecular weight is 313 g/mol. The number of amides is 2. The van der Waals surface area contributed by atoms with Crippen LogP contribution in [0.25, 0.3) is 11.0 Å². The van der Waals surface area contributed by atoms with Gasteiger partial charge < -0.3 is 24.7 Å². The zero-order valence-electron chi connectivity index (χ0n) is 12.4. The van der Waals surface area contributed by atoms with Gasteiger partial charge in [-0.15, -0.1) is 0 Å². The Morgan fingerprint density at radius 3 is 3.04 bits per heavy atom. The molecule has 2 amide bonds. The van der Waals surface area contributed by atoms with Crippen molar-refractivity contribution in [3.8, 4) is 6.07 Å². The molecule has 2 heterocycles. The van der Waals surface area contributed by atoms with E-state index in [9.17, 15) is 14.7 Å². The van der Waals surface area contributed by atoms with Crippen LogP contribution in [0.4, 0.5) is 10.5 Å². The molecule has 3 rings (SSSR count). The van der Waals surface area contributed by atoms with Gasteiger partial charge in [-0.25, -0.2) is 9.78 Å². The summed E-state index contributed by atoms with van der Waals surface area (Å²) in [6, 6.07) is 3.99. The molecule has 0 bridgehead atoms. The van der Waals surface area contributed by atoms with Crippen LogP contribution in [0.15, 0.2) is 18.5 Å². The molecule has 0 spiro atoms. The van der Waals surface area contributed by atoms with Crippen molar-refractivity contribution in [1.82, 2.24) is 14.5 Å².